The van der Waals surface area contributed by atoms with Crippen LogP contribution in [0, 0.1) is 12.3 Å². The summed E-state index contributed by atoms with van der Waals surface area (Å²) in [6.07, 6.45) is 2.74. The molecule has 2 aliphatic heterocycles. The molecule has 0 radical (unpaired) electrons. The van der Waals surface area contributed by atoms with Gasteiger partial charge in [0.15, 0.2) is 6.61 Å². The average Bonchev–Trinajstić information content (AvgIpc) is 3.23. The smallest absolute Gasteiger partial charge is 0.306 e. The van der Waals surface area contributed by atoms with Crippen molar-refractivity contribution in [2.75, 3.05) is 32.8 Å². The number of benzene rings is 1. The van der Waals surface area contributed by atoms with Gasteiger partial charge in [-0.15, -0.1) is 0 Å². The molecule has 204 valence electrons. The Morgan fingerprint density at radius 1 is 1.03 bits per heavy atom. The van der Waals surface area contributed by atoms with Gasteiger partial charge in [0.05, 0.1) is 0 Å². The van der Waals surface area contributed by atoms with E-state index in [9.17, 15) is 19.2 Å². The molecule has 1 spiro atoms. The van der Waals surface area contributed by atoms with Crippen molar-refractivity contribution >= 4 is 23.7 Å². The number of carbonyl (C=O) groups is 4. The largest absolute Gasteiger partial charge is 0.484 e. The molecule has 2 heterocycles. The van der Waals surface area contributed by atoms with Gasteiger partial charge < -0.3 is 24.6 Å². The normalized spacial score (nSPS) is 17.9. The number of likely N-dealkylation sites (tertiary alicyclic amines) is 2. The molecule has 0 aromatic heterocycles. The minimum Gasteiger partial charge on any atom is -0.484 e. The van der Waals surface area contributed by atoms with Crippen LogP contribution in [0.5, 0.6) is 5.75 Å². The minimum atomic E-state index is -0.763. The number of nitrogens with zero attached hydrogens (tertiary/aromatic N) is 2. The molecule has 0 saturated carbocycles. The summed E-state index contributed by atoms with van der Waals surface area (Å²) in [5.74, 6) is -0.180. The summed E-state index contributed by atoms with van der Waals surface area (Å²) >= 11 is 0. The van der Waals surface area contributed by atoms with Gasteiger partial charge in [-0.1, -0.05) is 18.2 Å². The fourth-order valence-electron chi connectivity index (χ4n) is 5.09. The number of amides is 3. The van der Waals surface area contributed by atoms with E-state index in [1.165, 1.54) is 6.92 Å². The lowest BCUT2D eigenvalue weighted by molar-refractivity contribution is -0.155. The fraction of sp³-hybridized carbons (Fsp3) is 0.643. The zero-order chi connectivity index (χ0) is 27.2. The maximum Gasteiger partial charge on any atom is 0.306 e. The molecule has 9 nitrogen and oxygen atoms in total. The van der Waals surface area contributed by atoms with E-state index in [4.69, 9.17) is 9.47 Å². The van der Waals surface area contributed by atoms with Crippen molar-refractivity contribution in [2.24, 2.45) is 5.41 Å². The second kappa shape index (κ2) is 12.0. The van der Waals surface area contributed by atoms with Crippen molar-refractivity contribution in [3.8, 4) is 5.75 Å². The first-order valence-electron chi connectivity index (χ1n) is 13.1. The van der Waals surface area contributed by atoms with E-state index in [1.807, 2.05) is 36.1 Å². The molecule has 2 fully saturated rings. The third kappa shape index (κ3) is 8.20. The van der Waals surface area contributed by atoms with Crippen LogP contribution in [0.15, 0.2) is 24.3 Å². The van der Waals surface area contributed by atoms with Gasteiger partial charge in [0.2, 0.25) is 11.8 Å². The number of carbonyl (C=O) groups excluding carboxylic acids is 4. The van der Waals surface area contributed by atoms with Crippen molar-refractivity contribution in [1.29, 1.82) is 0 Å². The quantitative estimate of drug-likeness (QED) is 0.534. The highest BCUT2D eigenvalue weighted by Crippen LogP contribution is 2.40. The third-order valence-corrected chi connectivity index (χ3v) is 7.10. The van der Waals surface area contributed by atoms with Gasteiger partial charge in [0.1, 0.15) is 17.4 Å². The molecule has 1 atom stereocenters. The van der Waals surface area contributed by atoms with Crippen LogP contribution < -0.4 is 10.1 Å². The number of para-hydroxylation sites is 1. The molecule has 3 rings (SSSR count). The first-order chi connectivity index (χ1) is 17.4. The van der Waals surface area contributed by atoms with Crippen LogP contribution >= 0.6 is 0 Å². The standard InChI is InChI=1S/C28H41N3O6/c1-20-8-6-7-9-23(20)36-18-24(33)30-15-12-28(13-16-30)14-17-31(19-28)26(35)22(29-21(2)32)10-11-25(34)37-27(3,4)5/h6-9,22H,10-19H2,1-5H3,(H,29,32). The number of ether oxygens (including phenoxy) is 2. The highest BCUT2D eigenvalue weighted by molar-refractivity contribution is 5.87. The lowest BCUT2D eigenvalue weighted by Crippen LogP contribution is -2.49. The molecule has 9 heteroatoms. The van der Waals surface area contributed by atoms with E-state index in [0.717, 1.165) is 30.6 Å². The van der Waals surface area contributed by atoms with Crippen molar-refractivity contribution < 1.29 is 28.7 Å². The number of hydrogen-bond donors (Lipinski definition) is 1. The molecule has 1 unspecified atom stereocenters. The topological polar surface area (TPSA) is 105 Å². The summed E-state index contributed by atoms with van der Waals surface area (Å²) in [6.45, 7) is 11.2. The fourth-order valence-corrected chi connectivity index (χ4v) is 5.09. The molecule has 2 aliphatic rings. The van der Waals surface area contributed by atoms with E-state index in [-0.39, 0.29) is 42.6 Å². The lowest BCUT2D eigenvalue weighted by atomic mass is 9.78. The summed E-state index contributed by atoms with van der Waals surface area (Å²) in [7, 11) is 0. The summed E-state index contributed by atoms with van der Waals surface area (Å²) in [5, 5.41) is 2.71. The maximum absolute atomic E-state index is 13.3. The number of aryl methyl sites for hydroxylation is 1. The van der Waals surface area contributed by atoms with E-state index < -0.39 is 17.6 Å². The summed E-state index contributed by atoms with van der Waals surface area (Å²) in [5.41, 5.74) is 0.358. The van der Waals surface area contributed by atoms with Gasteiger partial charge in [-0.2, -0.15) is 0 Å². The zero-order valence-corrected chi connectivity index (χ0v) is 22.8. The molecule has 3 amide bonds. The molecule has 1 N–H and O–H groups in total. The van der Waals surface area contributed by atoms with Gasteiger partial charge in [-0.3, -0.25) is 19.2 Å². The molecule has 0 aliphatic carbocycles. The Bertz CT molecular complexity index is 994. The number of rotatable bonds is 8. The van der Waals surface area contributed by atoms with E-state index in [2.05, 4.69) is 5.32 Å². The van der Waals surface area contributed by atoms with Gasteiger partial charge >= 0.3 is 5.97 Å². The number of nitrogens with one attached hydrogen (secondary N) is 1. The molecular weight excluding hydrogens is 474 g/mol. The van der Waals surface area contributed by atoms with Gasteiger partial charge in [-0.05, 0) is 70.4 Å². The highest BCUT2D eigenvalue weighted by atomic mass is 16.6. The van der Waals surface area contributed by atoms with Crippen molar-refractivity contribution in [2.45, 2.75) is 78.4 Å². The SMILES string of the molecule is CC(=O)NC(CCC(=O)OC(C)(C)C)C(=O)N1CCC2(CCN(C(=O)COc3ccccc3C)CC2)C1. The minimum absolute atomic E-state index is 0.0124. The Morgan fingerprint density at radius 2 is 1.65 bits per heavy atom. The first-order valence-corrected chi connectivity index (χ1v) is 13.1. The molecule has 37 heavy (non-hydrogen) atoms. The van der Waals surface area contributed by atoms with Crippen molar-refractivity contribution in [1.82, 2.24) is 15.1 Å². The number of piperidine rings is 1. The lowest BCUT2D eigenvalue weighted by Gasteiger charge is -2.39. The monoisotopic (exact) mass is 515 g/mol. The van der Waals surface area contributed by atoms with Crippen LogP contribution in [0.25, 0.3) is 0 Å². The Hall–Kier alpha value is -3.10. The molecule has 0 bridgehead atoms. The van der Waals surface area contributed by atoms with Crippen LogP contribution in [0.3, 0.4) is 0 Å². The van der Waals surface area contributed by atoms with Gasteiger partial charge in [-0.25, -0.2) is 0 Å². The molecule has 1 aromatic carbocycles. The van der Waals surface area contributed by atoms with Crippen LogP contribution in [0.4, 0.5) is 0 Å². The van der Waals surface area contributed by atoms with Crippen LogP contribution in [-0.2, 0) is 23.9 Å². The number of hydrogen-bond acceptors (Lipinski definition) is 6. The highest BCUT2D eigenvalue weighted by Gasteiger charge is 2.44. The van der Waals surface area contributed by atoms with Crippen LogP contribution in [-0.4, -0.2) is 77.9 Å². The molecule has 2 saturated heterocycles. The maximum atomic E-state index is 13.3. The Balaban J connectivity index is 1.50. The Labute approximate surface area is 219 Å². The third-order valence-electron chi connectivity index (χ3n) is 7.10. The second-order valence-corrected chi connectivity index (χ2v) is 11.3. The number of esters is 1. The van der Waals surface area contributed by atoms with Crippen molar-refractivity contribution in [3.63, 3.8) is 0 Å². The Morgan fingerprint density at radius 3 is 2.24 bits per heavy atom. The van der Waals surface area contributed by atoms with E-state index >= 15 is 0 Å². The van der Waals surface area contributed by atoms with Crippen molar-refractivity contribution in [3.05, 3.63) is 29.8 Å². The second-order valence-electron chi connectivity index (χ2n) is 11.3. The van der Waals surface area contributed by atoms with Gasteiger partial charge in [0.25, 0.3) is 5.91 Å². The zero-order valence-electron chi connectivity index (χ0n) is 22.8. The predicted molar refractivity (Wildman–Crippen MR) is 139 cm³/mol. The predicted octanol–water partition coefficient (Wildman–Crippen LogP) is 2.84. The average molecular weight is 516 g/mol. The van der Waals surface area contributed by atoms with Crippen LogP contribution in [0.1, 0.15) is 65.4 Å². The van der Waals surface area contributed by atoms with E-state index in [1.54, 1.807) is 25.7 Å². The first kappa shape index (κ1) is 28.5. The summed E-state index contributed by atoms with van der Waals surface area (Å²) in [6, 6.07) is 6.87. The summed E-state index contributed by atoms with van der Waals surface area (Å²) < 4.78 is 11.1. The summed E-state index contributed by atoms with van der Waals surface area (Å²) in [4.78, 5) is 53.6. The van der Waals surface area contributed by atoms with Crippen LogP contribution in [0.2, 0.25) is 0 Å². The van der Waals surface area contributed by atoms with E-state index in [0.29, 0.717) is 26.2 Å². The Kier molecular flexibility index (Phi) is 9.21. The molecular formula is C28H41N3O6. The molecule has 1 aromatic rings. The van der Waals surface area contributed by atoms with Gasteiger partial charge in [0, 0.05) is 39.5 Å².